The summed E-state index contributed by atoms with van der Waals surface area (Å²) in [5.74, 6) is 0. The number of hydrogen-bond acceptors (Lipinski definition) is 4. The second-order valence-electron chi connectivity index (χ2n) is 4.42. The molecule has 0 aliphatic carbocycles. The van der Waals surface area contributed by atoms with Crippen molar-refractivity contribution in [2.45, 2.75) is 16.2 Å². The molecule has 2 rings (SSSR count). The third-order valence-electron chi connectivity index (χ3n) is 2.99. The Balaban J connectivity index is 2.25. The van der Waals surface area contributed by atoms with Gasteiger partial charge in [-0.25, -0.2) is 8.42 Å². The van der Waals surface area contributed by atoms with Crippen LogP contribution in [0.1, 0.15) is 5.56 Å². The van der Waals surface area contributed by atoms with Crippen molar-refractivity contribution >= 4 is 27.5 Å². The highest BCUT2D eigenvalue weighted by atomic mass is 32.2. The zero-order valence-electron chi connectivity index (χ0n) is 11.6. The SMILES string of the molecule is CSc1ccccc1NS(=O)(=O)c1ccc(CCO)cc1. The zero-order chi connectivity index (χ0) is 15.3. The molecule has 21 heavy (non-hydrogen) atoms. The van der Waals surface area contributed by atoms with Gasteiger partial charge in [-0.15, -0.1) is 11.8 Å². The molecule has 0 spiro atoms. The Bertz CT molecular complexity index is 697. The maximum absolute atomic E-state index is 12.4. The van der Waals surface area contributed by atoms with Crippen molar-refractivity contribution in [3.8, 4) is 0 Å². The minimum absolute atomic E-state index is 0.0471. The van der Waals surface area contributed by atoms with E-state index in [1.54, 1.807) is 36.4 Å². The van der Waals surface area contributed by atoms with Gasteiger partial charge in [0.25, 0.3) is 10.0 Å². The molecule has 0 fully saturated rings. The number of thioether (sulfide) groups is 1. The zero-order valence-corrected chi connectivity index (χ0v) is 13.2. The van der Waals surface area contributed by atoms with E-state index in [4.69, 9.17) is 5.11 Å². The van der Waals surface area contributed by atoms with Gasteiger partial charge in [0.15, 0.2) is 0 Å². The average Bonchev–Trinajstić information content (AvgIpc) is 2.48. The predicted octanol–water partition coefficient (Wildman–Crippen LogP) is 2.74. The van der Waals surface area contributed by atoms with Gasteiger partial charge in [0.2, 0.25) is 0 Å². The van der Waals surface area contributed by atoms with Gasteiger partial charge in [-0.3, -0.25) is 4.72 Å². The number of benzene rings is 2. The number of aliphatic hydroxyl groups excluding tert-OH is 1. The summed E-state index contributed by atoms with van der Waals surface area (Å²) in [7, 11) is -3.60. The molecule has 0 aliphatic heterocycles. The summed E-state index contributed by atoms with van der Waals surface area (Å²) in [5, 5.41) is 8.87. The van der Waals surface area contributed by atoms with Crippen LogP contribution >= 0.6 is 11.8 Å². The number of aliphatic hydroxyl groups is 1. The van der Waals surface area contributed by atoms with Crippen molar-refractivity contribution < 1.29 is 13.5 Å². The number of hydrogen-bond donors (Lipinski definition) is 2. The van der Waals surface area contributed by atoms with Crippen molar-refractivity contribution in [3.05, 3.63) is 54.1 Å². The molecule has 0 atom stereocenters. The van der Waals surface area contributed by atoms with Crippen LogP contribution in [0.25, 0.3) is 0 Å². The van der Waals surface area contributed by atoms with Crippen LogP contribution in [-0.4, -0.2) is 26.4 Å². The Morgan fingerprint density at radius 3 is 2.38 bits per heavy atom. The maximum Gasteiger partial charge on any atom is 0.261 e. The lowest BCUT2D eigenvalue weighted by Crippen LogP contribution is -2.13. The van der Waals surface area contributed by atoms with Crippen molar-refractivity contribution in [2.24, 2.45) is 0 Å². The number of para-hydroxylation sites is 1. The predicted molar refractivity (Wildman–Crippen MR) is 86.3 cm³/mol. The van der Waals surface area contributed by atoms with Crippen LogP contribution in [0.4, 0.5) is 5.69 Å². The highest BCUT2D eigenvalue weighted by molar-refractivity contribution is 7.99. The molecule has 0 radical (unpaired) electrons. The van der Waals surface area contributed by atoms with Crippen LogP contribution in [-0.2, 0) is 16.4 Å². The van der Waals surface area contributed by atoms with Crippen LogP contribution in [0.2, 0.25) is 0 Å². The van der Waals surface area contributed by atoms with Crippen molar-refractivity contribution in [1.82, 2.24) is 0 Å². The molecule has 6 heteroatoms. The monoisotopic (exact) mass is 323 g/mol. The molecule has 0 heterocycles. The first-order valence-electron chi connectivity index (χ1n) is 6.42. The summed E-state index contributed by atoms with van der Waals surface area (Å²) in [6.45, 7) is 0.0471. The van der Waals surface area contributed by atoms with E-state index in [1.165, 1.54) is 11.8 Å². The second kappa shape index (κ2) is 6.98. The summed E-state index contributed by atoms with van der Waals surface area (Å²) in [4.78, 5) is 1.08. The van der Waals surface area contributed by atoms with Gasteiger partial charge in [-0.1, -0.05) is 24.3 Å². The molecule has 4 nitrogen and oxygen atoms in total. The van der Waals surface area contributed by atoms with Crippen molar-refractivity contribution in [3.63, 3.8) is 0 Å². The lowest BCUT2D eigenvalue weighted by molar-refractivity contribution is 0.299. The molecule has 2 aromatic rings. The van der Waals surface area contributed by atoms with E-state index >= 15 is 0 Å². The van der Waals surface area contributed by atoms with E-state index in [0.29, 0.717) is 12.1 Å². The second-order valence-corrected chi connectivity index (χ2v) is 6.95. The fourth-order valence-corrected chi connectivity index (χ4v) is 3.60. The Hall–Kier alpha value is -1.50. The number of sulfonamides is 1. The van der Waals surface area contributed by atoms with Gasteiger partial charge in [0, 0.05) is 11.5 Å². The Kier molecular flexibility index (Phi) is 5.27. The molecular formula is C15H17NO3S2. The molecule has 0 aromatic heterocycles. The fourth-order valence-electron chi connectivity index (χ4n) is 1.90. The van der Waals surface area contributed by atoms with E-state index < -0.39 is 10.0 Å². The van der Waals surface area contributed by atoms with E-state index in [9.17, 15) is 8.42 Å². The van der Waals surface area contributed by atoms with Gasteiger partial charge in [0.1, 0.15) is 0 Å². The normalized spacial score (nSPS) is 11.3. The van der Waals surface area contributed by atoms with Crippen LogP contribution < -0.4 is 4.72 Å². The maximum atomic E-state index is 12.4. The van der Waals surface area contributed by atoms with Crippen LogP contribution in [0.3, 0.4) is 0 Å². The fraction of sp³-hybridized carbons (Fsp3) is 0.200. The highest BCUT2D eigenvalue weighted by Gasteiger charge is 2.15. The molecule has 0 unspecified atom stereocenters. The molecule has 0 saturated carbocycles. The summed E-state index contributed by atoms with van der Waals surface area (Å²) in [5.41, 5.74) is 1.48. The number of nitrogens with one attached hydrogen (secondary N) is 1. The topological polar surface area (TPSA) is 66.4 Å². The summed E-state index contributed by atoms with van der Waals surface area (Å²) in [6.07, 6.45) is 2.42. The van der Waals surface area contributed by atoms with Gasteiger partial charge in [-0.05, 0) is 42.5 Å². The first-order valence-corrected chi connectivity index (χ1v) is 9.13. The summed E-state index contributed by atoms with van der Waals surface area (Å²) < 4.78 is 27.3. The van der Waals surface area contributed by atoms with E-state index in [1.807, 2.05) is 18.4 Å². The van der Waals surface area contributed by atoms with Gasteiger partial charge < -0.3 is 5.11 Å². The smallest absolute Gasteiger partial charge is 0.261 e. The number of rotatable bonds is 6. The van der Waals surface area contributed by atoms with Gasteiger partial charge in [0.05, 0.1) is 10.6 Å². The van der Waals surface area contributed by atoms with Crippen LogP contribution in [0.5, 0.6) is 0 Å². The molecule has 2 N–H and O–H groups in total. The summed E-state index contributed by atoms with van der Waals surface area (Å²) in [6, 6.07) is 13.8. The average molecular weight is 323 g/mol. The van der Waals surface area contributed by atoms with Crippen molar-refractivity contribution in [2.75, 3.05) is 17.6 Å². The Morgan fingerprint density at radius 1 is 1.10 bits per heavy atom. The van der Waals surface area contributed by atoms with Crippen molar-refractivity contribution in [1.29, 1.82) is 0 Å². The molecule has 0 saturated heterocycles. The third kappa shape index (κ3) is 4.00. The largest absolute Gasteiger partial charge is 0.396 e. The molecule has 0 amide bonds. The number of anilines is 1. The van der Waals surface area contributed by atoms with Gasteiger partial charge in [-0.2, -0.15) is 0 Å². The minimum atomic E-state index is -3.60. The van der Waals surface area contributed by atoms with Crippen LogP contribution in [0.15, 0.2) is 58.3 Å². The first-order chi connectivity index (χ1) is 10.1. The standard InChI is InChI=1S/C15H17NO3S2/c1-20-15-5-3-2-4-14(15)16-21(18,19)13-8-6-12(7-9-13)10-11-17/h2-9,16-17H,10-11H2,1H3. The summed E-state index contributed by atoms with van der Waals surface area (Å²) >= 11 is 1.49. The van der Waals surface area contributed by atoms with E-state index in [2.05, 4.69) is 4.72 Å². The Morgan fingerprint density at radius 2 is 1.76 bits per heavy atom. The molecule has 0 aliphatic rings. The lowest BCUT2D eigenvalue weighted by atomic mass is 10.2. The highest BCUT2D eigenvalue weighted by Crippen LogP contribution is 2.27. The Labute approximate surface area is 129 Å². The molecule has 2 aromatic carbocycles. The molecular weight excluding hydrogens is 306 g/mol. The quantitative estimate of drug-likeness (QED) is 0.802. The minimum Gasteiger partial charge on any atom is -0.396 e. The van der Waals surface area contributed by atoms with Crippen LogP contribution in [0, 0.1) is 0 Å². The lowest BCUT2D eigenvalue weighted by Gasteiger charge is -2.11. The van der Waals surface area contributed by atoms with E-state index in [0.717, 1.165) is 10.5 Å². The third-order valence-corrected chi connectivity index (χ3v) is 5.16. The molecule has 112 valence electrons. The van der Waals surface area contributed by atoms with Gasteiger partial charge >= 0.3 is 0 Å². The first kappa shape index (κ1) is 15.9. The van der Waals surface area contributed by atoms with E-state index in [-0.39, 0.29) is 11.5 Å². The molecule has 0 bridgehead atoms.